The number of allylic oxidation sites excluding steroid dienone is 3. The maximum atomic E-state index is 9.60. The number of hydrogen-bond donors (Lipinski definition) is 0. The zero-order valence-electron chi connectivity index (χ0n) is 10.5. The fraction of sp³-hybridized carbons (Fsp3) is 0.286. The summed E-state index contributed by atoms with van der Waals surface area (Å²) in [4.78, 5) is 9.60. The van der Waals surface area contributed by atoms with Crippen molar-refractivity contribution in [3.63, 3.8) is 0 Å². The quantitative estimate of drug-likeness (QED) is 0.308. The fourth-order valence-corrected chi connectivity index (χ4v) is 1.51. The Labute approximate surface area is 107 Å². The SMILES string of the molecule is CCc1cccc(CC=C/C=C/CN=NN=O)c1. The van der Waals surface area contributed by atoms with Crippen LogP contribution in [0, 0.1) is 4.91 Å². The molecule has 0 aromatic heterocycles. The van der Waals surface area contributed by atoms with E-state index in [0.717, 1.165) is 12.8 Å². The molecule has 0 aliphatic carbocycles. The molecule has 94 valence electrons. The van der Waals surface area contributed by atoms with Crippen molar-refractivity contribution in [3.8, 4) is 0 Å². The summed E-state index contributed by atoms with van der Waals surface area (Å²) < 4.78 is 0. The Balaban J connectivity index is 2.35. The highest BCUT2D eigenvalue weighted by Gasteiger charge is 1.91. The Morgan fingerprint density at radius 1 is 1.17 bits per heavy atom. The van der Waals surface area contributed by atoms with Crippen LogP contribution in [0.15, 0.2) is 64.2 Å². The molecule has 0 unspecified atom stereocenters. The fourth-order valence-electron chi connectivity index (χ4n) is 1.51. The van der Waals surface area contributed by atoms with E-state index in [9.17, 15) is 4.91 Å². The van der Waals surface area contributed by atoms with Gasteiger partial charge in [-0.3, -0.25) is 0 Å². The predicted molar refractivity (Wildman–Crippen MR) is 73.3 cm³/mol. The summed E-state index contributed by atoms with van der Waals surface area (Å²) in [7, 11) is 0. The lowest BCUT2D eigenvalue weighted by Crippen LogP contribution is -1.84. The Bertz CT molecular complexity index is 450. The Kier molecular flexibility index (Phi) is 6.97. The molecule has 18 heavy (non-hydrogen) atoms. The van der Waals surface area contributed by atoms with Crippen molar-refractivity contribution in [2.45, 2.75) is 19.8 Å². The molecule has 4 heteroatoms. The van der Waals surface area contributed by atoms with E-state index >= 15 is 0 Å². The molecule has 1 aromatic carbocycles. The second-order valence-corrected chi connectivity index (χ2v) is 3.73. The van der Waals surface area contributed by atoms with Crippen molar-refractivity contribution in [2.75, 3.05) is 6.54 Å². The van der Waals surface area contributed by atoms with E-state index in [2.05, 4.69) is 52.9 Å². The van der Waals surface area contributed by atoms with Crippen LogP contribution in [-0.4, -0.2) is 6.54 Å². The summed E-state index contributed by atoms with van der Waals surface area (Å²) in [5.41, 5.74) is 2.67. The summed E-state index contributed by atoms with van der Waals surface area (Å²) in [6.07, 6.45) is 9.72. The number of rotatable bonds is 7. The van der Waals surface area contributed by atoms with E-state index in [-0.39, 0.29) is 0 Å². The van der Waals surface area contributed by atoms with Crippen LogP contribution in [0.25, 0.3) is 0 Å². The maximum Gasteiger partial charge on any atom is 0.100 e. The first-order valence-electron chi connectivity index (χ1n) is 5.95. The Morgan fingerprint density at radius 2 is 1.94 bits per heavy atom. The van der Waals surface area contributed by atoms with Crippen LogP contribution in [0.4, 0.5) is 0 Å². The van der Waals surface area contributed by atoms with Crippen LogP contribution in [0.2, 0.25) is 0 Å². The highest BCUT2D eigenvalue weighted by molar-refractivity contribution is 5.25. The van der Waals surface area contributed by atoms with Gasteiger partial charge in [-0.25, -0.2) is 0 Å². The van der Waals surface area contributed by atoms with Crippen LogP contribution < -0.4 is 0 Å². The number of hydrogen-bond acceptors (Lipinski definition) is 2. The summed E-state index contributed by atoms with van der Waals surface area (Å²) >= 11 is 0. The second kappa shape index (κ2) is 8.98. The molecule has 0 atom stereocenters. The maximum absolute atomic E-state index is 9.60. The number of nitrogens with zero attached hydrogens (tertiary/aromatic N) is 3. The highest BCUT2D eigenvalue weighted by Crippen LogP contribution is 2.07. The van der Waals surface area contributed by atoms with Crippen LogP contribution >= 0.6 is 0 Å². The van der Waals surface area contributed by atoms with Crippen LogP contribution in [0.1, 0.15) is 18.1 Å². The average molecular weight is 243 g/mol. The molecule has 0 aliphatic heterocycles. The van der Waals surface area contributed by atoms with Gasteiger partial charge in [-0.2, -0.15) is 5.11 Å². The van der Waals surface area contributed by atoms with Gasteiger partial charge in [0, 0.05) is 0 Å². The van der Waals surface area contributed by atoms with Crippen LogP contribution in [0.5, 0.6) is 0 Å². The largest absolute Gasteiger partial charge is 0.162 e. The summed E-state index contributed by atoms with van der Waals surface area (Å²) in [6, 6.07) is 8.57. The van der Waals surface area contributed by atoms with E-state index in [0.29, 0.717) is 6.54 Å². The lowest BCUT2D eigenvalue weighted by Gasteiger charge is -1.99. The Morgan fingerprint density at radius 3 is 2.72 bits per heavy atom. The average Bonchev–Trinajstić information content (AvgIpc) is 2.42. The summed E-state index contributed by atoms with van der Waals surface area (Å²) in [6.45, 7) is 2.53. The van der Waals surface area contributed by atoms with Gasteiger partial charge in [0.1, 0.15) is 5.29 Å². The van der Waals surface area contributed by atoms with E-state index in [4.69, 9.17) is 0 Å². The molecular weight excluding hydrogens is 226 g/mol. The first-order chi connectivity index (χ1) is 8.86. The molecule has 0 amide bonds. The first kappa shape index (κ1) is 14.0. The van der Waals surface area contributed by atoms with E-state index in [1.165, 1.54) is 11.1 Å². The number of benzene rings is 1. The minimum Gasteiger partial charge on any atom is -0.162 e. The zero-order chi connectivity index (χ0) is 13.1. The molecule has 0 saturated heterocycles. The molecule has 0 bridgehead atoms. The highest BCUT2D eigenvalue weighted by atomic mass is 16.3. The number of nitroso groups, excluding NO2 is 1. The molecule has 0 spiro atoms. The normalized spacial score (nSPS) is 11.8. The van der Waals surface area contributed by atoms with Gasteiger partial charge >= 0.3 is 0 Å². The van der Waals surface area contributed by atoms with Gasteiger partial charge in [0.25, 0.3) is 0 Å². The minimum absolute atomic E-state index is 0.376. The topological polar surface area (TPSA) is 54.1 Å². The molecule has 1 rings (SSSR count). The smallest absolute Gasteiger partial charge is 0.100 e. The monoisotopic (exact) mass is 243 g/mol. The third kappa shape index (κ3) is 5.84. The van der Waals surface area contributed by atoms with Gasteiger partial charge < -0.3 is 0 Å². The Hall–Kier alpha value is -2.10. The molecule has 1 aromatic rings. The summed E-state index contributed by atoms with van der Waals surface area (Å²) in [5.74, 6) is 0. The lowest BCUT2D eigenvalue weighted by molar-refractivity contribution is 0.959. The van der Waals surface area contributed by atoms with Crippen molar-refractivity contribution in [1.82, 2.24) is 0 Å². The molecule has 0 N–H and O–H groups in total. The molecule has 0 saturated carbocycles. The molecule has 0 heterocycles. The van der Waals surface area contributed by atoms with Gasteiger partial charge in [-0.05, 0) is 29.2 Å². The summed E-state index contributed by atoms with van der Waals surface area (Å²) in [5, 5.41) is 8.75. The lowest BCUT2D eigenvalue weighted by atomic mass is 10.1. The van der Waals surface area contributed by atoms with Gasteiger partial charge in [0.05, 0.1) is 6.54 Å². The van der Waals surface area contributed by atoms with Crippen LogP contribution in [-0.2, 0) is 12.8 Å². The van der Waals surface area contributed by atoms with Crippen molar-refractivity contribution < 1.29 is 0 Å². The second-order valence-electron chi connectivity index (χ2n) is 3.73. The third-order valence-corrected chi connectivity index (χ3v) is 2.42. The van der Waals surface area contributed by atoms with Gasteiger partial charge in [0.15, 0.2) is 0 Å². The molecule has 0 fully saturated rings. The van der Waals surface area contributed by atoms with Gasteiger partial charge in [-0.15, -0.1) is 4.91 Å². The van der Waals surface area contributed by atoms with E-state index < -0.39 is 0 Å². The molecule has 0 aliphatic rings. The van der Waals surface area contributed by atoms with Crippen LogP contribution in [0.3, 0.4) is 0 Å². The third-order valence-electron chi connectivity index (χ3n) is 2.42. The van der Waals surface area contributed by atoms with E-state index in [1.807, 2.05) is 18.2 Å². The first-order valence-corrected chi connectivity index (χ1v) is 5.95. The van der Waals surface area contributed by atoms with Crippen molar-refractivity contribution in [3.05, 3.63) is 64.6 Å². The minimum atomic E-state index is 0.376. The number of aryl methyl sites for hydroxylation is 1. The van der Waals surface area contributed by atoms with Gasteiger partial charge in [-0.1, -0.05) is 55.5 Å². The van der Waals surface area contributed by atoms with Crippen molar-refractivity contribution in [1.29, 1.82) is 0 Å². The van der Waals surface area contributed by atoms with E-state index in [1.54, 1.807) is 0 Å². The standard InChI is InChI=1S/C14H17N3O/c1-2-13-9-7-10-14(12-13)8-5-3-4-6-11-15-16-17-18/h3-7,9-10,12H,2,8,11H2,1H3/b5-3?,6-4+,16-15?. The zero-order valence-corrected chi connectivity index (χ0v) is 10.5. The predicted octanol–water partition coefficient (Wildman–Crippen LogP) is 4.04. The molecule has 4 nitrogen and oxygen atoms in total. The van der Waals surface area contributed by atoms with Gasteiger partial charge in [0.2, 0.25) is 0 Å². The molecule has 0 radical (unpaired) electrons. The van der Waals surface area contributed by atoms with Crippen molar-refractivity contribution in [2.24, 2.45) is 15.6 Å². The molecular formula is C14H17N3O. The van der Waals surface area contributed by atoms with Crippen molar-refractivity contribution >= 4 is 0 Å².